The number of carbonyl (C=O) groups excluding carboxylic acids is 1. The lowest BCUT2D eigenvalue weighted by molar-refractivity contribution is -0.117. The van der Waals surface area contributed by atoms with Crippen LogP contribution in [-0.4, -0.2) is 17.4 Å². The number of ether oxygens (including phenoxy) is 1. The number of nitrogens with two attached hydrogens (primary N) is 1. The molecule has 2 heterocycles. The van der Waals surface area contributed by atoms with E-state index in [9.17, 15) is 4.79 Å². The van der Waals surface area contributed by atoms with Gasteiger partial charge in [-0.2, -0.15) is 0 Å². The Kier molecular flexibility index (Phi) is 4.28. The van der Waals surface area contributed by atoms with Crippen LogP contribution < -0.4 is 15.4 Å². The fourth-order valence-corrected chi connectivity index (χ4v) is 2.48. The number of fused-ring (bicyclic) bond motifs is 1. The third kappa shape index (κ3) is 3.18. The van der Waals surface area contributed by atoms with Gasteiger partial charge in [-0.15, -0.1) is 0 Å². The van der Waals surface area contributed by atoms with Crippen molar-refractivity contribution in [3.8, 4) is 5.75 Å². The van der Waals surface area contributed by atoms with E-state index in [1.54, 1.807) is 35.5 Å². The Hall–Kier alpha value is -2.82. The fourth-order valence-electron chi connectivity index (χ4n) is 2.48. The summed E-state index contributed by atoms with van der Waals surface area (Å²) < 4.78 is 5.81. The SMILES string of the molecule is CCCCN1C(=O)/C(=C\c2ccncc2)Oc2cc(N)ccc21. The second-order valence-corrected chi connectivity index (χ2v) is 5.43. The van der Waals surface area contributed by atoms with E-state index in [1.165, 1.54) is 0 Å². The molecule has 0 aliphatic carbocycles. The van der Waals surface area contributed by atoms with E-state index >= 15 is 0 Å². The molecule has 0 saturated heterocycles. The standard InChI is InChI=1S/C18H19N3O2/c1-2-3-10-21-15-5-4-14(19)12-16(15)23-17(18(21)22)11-13-6-8-20-9-7-13/h4-9,11-12H,2-3,10,19H2,1H3/b17-11+. The van der Waals surface area contributed by atoms with E-state index < -0.39 is 0 Å². The molecular formula is C18H19N3O2. The highest BCUT2D eigenvalue weighted by Gasteiger charge is 2.29. The van der Waals surface area contributed by atoms with Crippen LogP contribution in [-0.2, 0) is 4.79 Å². The molecule has 0 radical (unpaired) electrons. The summed E-state index contributed by atoms with van der Waals surface area (Å²) in [6, 6.07) is 9.03. The van der Waals surface area contributed by atoms with Gasteiger partial charge in [0.1, 0.15) is 0 Å². The minimum atomic E-state index is -0.132. The molecule has 5 heteroatoms. The fraction of sp³-hybridized carbons (Fsp3) is 0.222. The van der Waals surface area contributed by atoms with E-state index in [0.717, 1.165) is 24.1 Å². The summed E-state index contributed by atoms with van der Waals surface area (Å²) in [6.07, 6.45) is 7.03. The molecule has 1 aromatic heterocycles. The molecule has 1 aromatic carbocycles. The van der Waals surface area contributed by atoms with Crippen LogP contribution in [0, 0.1) is 0 Å². The molecule has 2 N–H and O–H groups in total. The van der Waals surface area contributed by atoms with Crippen LogP contribution in [0.1, 0.15) is 25.3 Å². The average Bonchev–Trinajstić information content (AvgIpc) is 2.56. The maximum Gasteiger partial charge on any atom is 0.294 e. The third-order valence-corrected chi connectivity index (χ3v) is 3.69. The first-order valence-corrected chi connectivity index (χ1v) is 7.70. The number of rotatable bonds is 4. The number of aromatic nitrogens is 1. The number of unbranched alkanes of at least 4 members (excludes halogenated alkanes) is 1. The summed E-state index contributed by atoms with van der Waals surface area (Å²) in [6.45, 7) is 2.76. The van der Waals surface area contributed by atoms with E-state index in [-0.39, 0.29) is 5.91 Å². The van der Waals surface area contributed by atoms with Gasteiger partial charge in [-0.25, -0.2) is 0 Å². The quantitative estimate of drug-likeness (QED) is 0.695. The van der Waals surface area contributed by atoms with Crippen LogP contribution in [0.3, 0.4) is 0 Å². The lowest BCUT2D eigenvalue weighted by Gasteiger charge is -2.30. The molecule has 118 valence electrons. The molecule has 1 aliphatic heterocycles. The monoisotopic (exact) mass is 309 g/mol. The van der Waals surface area contributed by atoms with Crippen molar-refractivity contribution in [3.05, 3.63) is 54.0 Å². The summed E-state index contributed by atoms with van der Waals surface area (Å²) in [5, 5.41) is 0. The predicted molar refractivity (Wildman–Crippen MR) is 91.0 cm³/mol. The average molecular weight is 309 g/mol. The molecule has 0 spiro atoms. The van der Waals surface area contributed by atoms with Gasteiger partial charge >= 0.3 is 0 Å². The highest BCUT2D eigenvalue weighted by atomic mass is 16.5. The van der Waals surface area contributed by atoms with Crippen molar-refractivity contribution < 1.29 is 9.53 Å². The Balaban J connectivity index is 2.01. The van der Waals surface area contributed by atoms with Crippen molar-refractivity contribution in [2.75, 3.05) is 17.2 Å². The summed E-state index contributed by atoms with van der Waals surface area (Å²) >= 11 is 0. The number of nitrogens with zero attached hydrogens (tertiary/aromatic N) is 2. The number of amides is 1. The Morgan fingerprint density at radius 2 is 2.04 bits per heavy atom. The molecule has 0 bridgehead atoms. The number of pyridine rings is 1. The molecule has 1 amide bonds. The van der Waals surface area contributed by atoms with Crippen molar-refractivity contribution in [2.45, 2.75) is 19.8 Å². The van der Waals surface area contributed by atoms with Crippen molar-refractivity contribution in [1.82, 2.24) is 4.98 Å². The van der Waals surface area contributed by atoms with Crippen molar-refractivity contribution in [1.29, 1.82) is 0 Å². The van der Waals surface area contributed by atoms with Gasteiger partial charge in [0.25, 0.3) is 5.91 Å². The van der Waals surface area contributed by atoms with Crippen LogP contribution in [0.4, 0.5) is 11.4 Å². The van der Waals surface area contributed by atoms with Gasteiger partial charge in [0.2, 0.25) is 0 Å². The van der Waals surface area contributed by atoms with Crippen LogP contribution in [0.5, 0.6) is 5.75 Å². The van der Waals surface area contributed by atoms with Gasteiger partial charge in [-0.05, 0) is 42.3 Å². The number of hydrogen-bond donors (Lipinski definition) is 1. The largest absolute Gasteiger partial charge is 0.449 e. The normalized spacial score (nSPS) is 15.4. The zero-order chi connectivity index (χ0) is 16.2. The summed E-state index contributed by atoms with van der Waals surface area (Å²) in [5.74, 6) is 0.777. The summed E-state index contributed by atoms with van der Waals surface area (Å²) in [5.41, 5.74) is 8.09. The van der Waals surface area contributed by atoms with E-state index in [2.05, 4.69) is 11.9 Å². The first kappa shape index (κ1) is 15.1. The predicted octanol–water partition coefficient (Wildman–Crippen LogP) is 3.23. The third-order valence-electron chi connectivity index (χ3n) is 3.69. The number of nitrogen functional groups attached to an aromatic ring is 1. The maximum atomic E-state index is 12.8. The van der Waals surface area contributed by atoms with E-state index in [1.807, 2.05) is 18.2 Å². The number of benzene rings is 1. The lowest BCUT2D eigenvalue weighted by atomic mass is 10.1. The second-order valence-electron chi connectivity index (χ2n) is 5.43. The first-order valence-electron chi connectivity index (χ1n) is 7.70. The minimum Gasteiger partial charge on any atom is -0.449 e. The van der Waals surface area contributed by atoms with Crippen molar-refractivity contribution >= 4 is 23.4 Å². The van der Waals surface area contributed by atoms with Crippen molar-refractivity contribution in [2.24, 2.45) is 0 Å². The lowest BCUT2D eigenvalue weighted by Crippen LogP contribution is -2.38. The van der Waals surface area contributed by atoms with Gasteiger partial charge in [-0.3, -0.25) is 9.78 Å². The first-order chi connectivity index (χ1) is 11.2. The molecule has 2 aromatic rings. The van der Waals surface area contributed by atoms with Gasteiger partial charge in [0, 0.05) is 30.7 Å². The molecule has 5 nitrogen and oxygen atoms in total. The summed E-state index contributed by atoms with van der Waals surface area (Å²) in [4.78, 5) is 18.5. The smallest absolute Gasteiger partial charge is 0.294 e. The number of hydrogen-bond acceptors (Lipinski definition) is 4. The summed E-state index contributed by atoms with van der Waals surface area (Å²) in [7, 11) is 0. The molecule has 0 unspecified atom stereocenters. The Morgan fingerprint density at radius 1 is 1.26 bits per heavy atom. The highest BCUT2D eigenvalue weighted by Crippen LogP contribution is 2.37. The highest BCUT2D eigenvalue weighted by molar-refractivity contribution is 6.10. The Labute approximate surface area is 135 Å². The van der Waals surface area contributed by atoms with Crippen LogP contribution in [0.2, 0.25) is 0 Å². The Bertz CT molecular complexity index is 741. The van der Waals surface area contributed by atoms with Gasteiger partial charge < -0.3 is 15.4 Å². The number of carbonyl (C=O) groups is 1. The molecule has 0 saturated carbocycles. The van der Waals surface area contributed by atoms with Crippen molar-refractivity contribution in [3.63, 3.8) is 0 Å². The second kappa shape index (κ2) is 6.52. The van der Waals surface area contributed by atoms with E-state index in [4.69, 9.17) is 10.5 Å². The van der Waals surface area contributed by atoms with Crippen LogP contribution in [0.15, 0.2) is 48.5 Å². The number of anilines is 2. The zero-order valence-electron chi connectivity index (χ0n) is 13.0. The van der Waals surface area contributed by atoms with Gasteiger partial charge in [0.05, 0.1) is 5.69 Å². The molecule has 23 heavy (non-hydrogen) atoms. The molecular weight excluding hydrogens is 290 g/mol. The zero-order valence-corrected chi connectivity index (χ0v) is 13.0. The maximum absolute atomic E-state index is 12.8. The topological polar surface area (TPSA) is 68.5 Å². The molecule has 0 atom stereocenters. The van der Waals surface area contributed by atoms with Gasteiger partial charge in [0.15, 0.2) is 11.5 Å². The molecule has 0 fully saturated rings. The van der Waals surface area contributed by atoms with Crippen LogP contribution >= 0.6 is 0 Å². The van der Waals surface area contributed by atoms with Gasteiger partial charge in [-0.1, -0.05) is 13.3 Å². The van der Waals surface area contributed by atoms with E-state index in [0.29, 0.717) is 23.7 Å². The van der Waals surface area contributed by atoms with Crippen LogP contribution in [0.25, 0.3) is 6.08 Å². The molecule has 3 rings (SSSR count). The molecule has 1 aliphatic rings. The Morgan fingerprint density at radius 3 is 2.78 bits per heavy atom. The minimum absolute atomic E-state index is 0.132.